The molecule has 14 heavy (non-hydrogen) atoms. The van der Waals surface area contributed by atoms with Gasteiger partial charge in [0.1, 0.15) is 5.75 Å². The van der Waals surface area contributed by atoms with E-state index < -0.39 is 16.2 Å². The minimum absolute atomic E-state index is 0.154. The molecule has 0 aromatic heterocycles. The number of nitrogens with one attached hydrogen (secondary N) is 1. The summed E-state index contributed by atoms with van der Waals surface area (Å²) < 4.78 is 28.3. The largest absolute Gasteiger partial charge is 0.409 e. The quantitative estimate of drug-likeness (QED) is 0.794. The third-order valence-electron chi connectivity index (χ3n) is 1.22. The maximum absolute atomic E-state index is 11.1. The van der Waals surface area contributed by atoms with Crippen LogP contribution < -0.4 is 8.91 Å². The van der Waals surface area contributed by atoms with E-state index in [9.17, 15) is 13.2 Å². The molecule has 0 heterocycles. The number of benzene rings is 1. The van der Waals surface area contributed by atoms with Gasteiger partial charge >= 0.3 is 10.3 Å². The molecule has 0 aliphatic carbocycles. The van der Waals surface area contributed by atoms with Gasteiger partial charge in [-0.15, -0.1) is 0 Å². The maximum atomic E-state index is 11.1. The Balaban J connectivity index is 2.74. The Hall–Kier alpha value is -1.56. The number of carbonyl (C=O) groups excluding carboxylic acids is 1. The summed E-state index contributed by atoms with van der Waals surface area (Å²) in [6, 6.07) is 7.91. The molecular weight excluding hydrogens is 206 g/mol. The SMILES string of the molecule is CC(=O)NS(=O)(=O)Oc1ccccc1. The van der Waals surface area contributed by atoms with E-state index in [2.05, 4.69) is 4.18 Å². The van der Waals surface area contributed by atoms with Crippen LogP contribution in [0.25, 0.3) is 0 Å². The Bertz CT molecular complexity index is 412. The number of hydrogen-bond donors (Lipinski definition) is 1. The Morgan fingerprint density at radius 3 is 2.36 bits per heavy atom. The normalized spacial score (nSPS) is 10.6. The van der Waals surface area contributed by atoms with Gasteiger partial charge in [-0.1, -0.05) is 18.2 Å². The standard InChI is InChI=1S/C8H9NO4S/c1-7(10)9-14(11,12)13-8-5-3-2-4-6-8/h2-6H,1H3,(H,9,10). The van der Waals surface area contributed by atoms with Gasteiger partial charge in [0, 0.05) is 6.92 Å². The zero-order chi connectivity index (χ0) is 10.6. The highest BCUT2D eigenvalue weighted by Gasteiger charge is 2.12. The van der Waals surface area contributed by atoms with Crippen LogP contribution in [0.15, 0.2) is 30.3 Å². The summed E-state index contributed by atoms with van der Waals surface area (Å²) >= 11 is 0. The van der Waals surface area contributed by atoms with Gasteiger partial charge in [-0.05, 0) is 12.1 Å². The number of rotatable bonds is 3. The predicted octanol–water partition coefficient (Wildman–Crippen LogP) is 0.446. The van der Waals surface area contributed by atoms with Gasteiger partial charge in [-0.3, -0.25) is 4.79 Å². The Morgan fingerprint density at radius 2 is 1.86 bits per heavy atom. The van der Waals surface area contributed by atoms with E-state index in [1.165, 1.54) is 12.1 Å². The average Bonchev–Trinajstić information content (AvgIpc) is 2.02. The second kappa shape index (κ2) is 4.10. The molecule has 1 aromatic rings. The lowest BCUT2D eigenvalue weighted by atomic mass is 10.3. The van der Waals surface area contributed by atoms with Crippen LogP contribution in [-0.2, 0) is 15.1 Å². The first-order valence-corrected chi connectivity index (χ1v) is 5.18. The van der Waals surface area contributed by atoms with Gasteiger partial charge in [-0.25, -0.2) is 4.72 Å². The molecule has 1 N–H and O–H groups in total. The Labute approximate surface area is 82.0 Å². The molecule has 76 valence electrons. The van der Waals surface area contributed by atoms with E-state index in [4.69, 9.17) is 0 Å². The first-order valence-electron chi connectivity index (χ1n) is 3.77. The minimum Gasteiger partial charge on any atom is -0.367 e. The van der Waals surface area contributed by atoms with Gasteiger partial charge in [0.25, 0.3) is 0 Å². The number of amides is 1. The van der Waals surface area contributed by atoms with Crippen LogP contribution in [0.5, 0.6) is 5.75 Å². The van der Waals surface area contributed by atoms with Crippen LogP contribution in [0, 0.1) is 0 Å². The molecule has 0 atom stereocenters. The smallest absolute Gasteiger partial charge is 0.367 e. The first kappa shape index (κ1) is 10.5. The summed E-state index contributed by atoms with van der Waals surface area (Å²) in [6.07, 6.45) is 0. The molecule has 0 unspecified atom stereocenters. The molecule has 0 spiro atoms. The van der Waals surface area contributed by atoms with Crippen molar-refractivity contribution in [2.75, 3.05) is 0 Å². The molecule has 1 aromatic carbocycles. The lowest BCUT2D eigenvalue weighted by Crippen LogP contribution is -2.32. The second-order valence-electron chi connectivity index (χ2n) is 2.51. The number of hydrogen-bond acceptors (Lipinski definition) is 4. The van der Waals surface area contributed by atoms with E-state index in [0.717, 1.165) is 6.92 Å². The molecule has 0 radical (unpaired) electrons. The van der Waals surface area contributed by atoms with Gasteiger partial charge < -0.3 is 4.18 Å². The summed E-state index contributed by atoms with van der Waals surface area (Å²) in [5.41, 5.74) is 0. The zero-order valence-electron chi connectivity index (χ0n) is 7.43. The lowest BCUT2D eigenvalue weighted by molar-refractivity contribution is -0.117. The minimum atomic E-state index is -4.03. The third kappa shape index (κ3) is 3.44. The highest BCUT2D eigenvalue weighted by molar-refractivity contribution is 7.85. The molecule has 0 saturated carbocycles. The van der Waals surface area contributed by atoms with E-state index in [1.807, 2.05) is 0 Å². The fraction of sp³-hybridized carbons (Fsp3) is 0.125. The zero-order valence-corrected chi connectivity index (χ0v) is 8.24. The summed E-state index contributed by atoms with van der Waals surface area (Å²) in [7, 11) is -4.03. The first-order chi connectivity index (χ1) is 6.49. The third-order valence-corrected chi connectivity index (χ3v) is 2.17. The Kier molecular flexibility index (Phi) is 3.08. The molecule has 0 bridgehead atoms. The van der Waals surface area contributed by atoms with Crippen LogP contribution >= 0.6 is 0 Å². The van der Waals surface area contributed by atoms with Gasteiger partial charge in [0.2, 0.25) is 5.91 Å². The predicted molar refractivity (Wildman–Crippen MR) is 49.8 cm³/mol. The van der Waals surface area contributed by atoms with Gasteiger partial charge in [0.15, 0.2) is 0 Å². The van der Waals surface area contributed by atoms with Crippen LogP contribution in [0.2, 0.25) is 0 Å². The Morgan fingerprint density at radius 1 is 1.29 bits per heavy atom. The average molecular weight is 215 g/mol. The molecular formula is C8H9NO4S. The summed E-state index contributed by atoms with van der Waals surface area (Å²) in [6.45, 7) is 1.09. The highest BCUT2D eigenvalue weighted by Crippen LogP contribution is 2.10. The van der Waals surface area contributed by atoms with Crippen molar-refractivity contribution in [2.24, 2.45) is 0 Å². The van der Waals surface area contributed by atoms with Crippen molar-refractivity contribution >= 4 is 16.2 Å². The summed E-state index contributed by atoms with van der Waals surface area (Å²) in [5, 5.41) is 0. The van der Waals surface area contributed by atoms with Crippen LogP contribution in [0.4, 0.5) is 0 Å². The van der Waals surface area contributed by atoms with Crippen molar-refractivity contribution in [3.63, 3.8) is 0 Å². The van der Waals surface area contributed by atoms with Crippen molar-refractivity contribution in [1.82, 2.24) is 4.72 Å². The maximum Gasteiger partial charge on any atom is 0.409 e. The van der Waals surface area contributed by atoms with Gasteiger partial charge in [-0.2, -0.15) is 8.42 Å². The van der Waals surface area contributed by atoms with E-state index in [0.29, 0.717) is 0 Å². The van der Waals surface area contributed by atoms with Crippen LogP contribution in [0.1, 0.15) is 6.92 Å². The molecule has 0 fully saturated rings. The lowest BCUT2D eigenvalue weighted by Gasteiger charge is -2.05. The molecule has 0 saturated heterocycles. The van der Waals surface area contributed by atoms with Crippen molar-refractivity contribution in [3.8, 4) is 5.75 Å². The summed E-state index contributed by atoms with van der Waals surface area (Å²) in [5.74, 6) is -0.540. The van der Waals surface area contributed by atoms with E-state index >= 15 is 0 Å². The second-order valence-corrected chi connectivity index (χ2v) is 3.79. The molecule has 5 nitrogen and oxygen atoms in total. The fourth-order valence-corrected chi connectivity index (χ4v) is 1.56. The number of carbonyl (C=O) groups is 1. The fourth-order valence-electron chi connectivity index (χ4n) is 0.800. The van der Waals surface area contributed by atoms with Crippen molar-refractivity contribution in [3.05, 3.63) is 30.3 Å². The molecule has 0 aliphatic heterocycles. The van der Waals surface area contributed by atoms with Crippen molar-refractivity contribution < 1.29 is 17.4 Å². The van der Waals surface area contributed by atoms with E-state index in [1.54, 1.807) is 22.9 Å². The van der Waals surface area contributed by atoms with E-state index in [-0.39, 0.29) is 5.75 Å². The molecule has 6 heteroatoms. The highest BCUT2D eigenvalue weighted by atomic mass is 32.2. The van der Waals surface area contributed by atoms with Crippen LogP contribution in [-0.4, -0.2) is 14.3 Å². The molecule has 1 rings (SSSR count). The van der Waals surface area contributed by atoms with Crippen molar-refractivity contribution in [1.29, 1.82) is 0 Å². The molecule has 1 amide bonds. The summed E-state index contributed by atoms with van der Waals surface area (Å²) in [4.78, 5) is 10.5. The molecule has 0 aliphatic rings. The monoisotopic (exact) mass is 215 g/mol. The van der Waals surface area contributed by atoms with Crippen LogP contribution in [0.3, 0.4) is 0 Å². The van der Waals surface area contributed by atoms with Crippen molar-refractivity contribution in [2.45, 2.75) is 6.92 Å². The topological polar surface area (TPSA) is 72.5 Å². The number of para-hydroxylation sites is 1. The van der Waals surface area contributed by atoms with Gasteiger partial charge in [0.05, 0.1) is 0 Å².